The fourth-order valence-corrected chi connectivity index (χ4v) is 3.50. The van der Waals surface area contributed by atoms with Crippen LogP contribution in [0.25, 0.3) is 10.9 Å². The lowest BCUT2D eigenvalue weighted by Gasteiger charge is -2.26. The van der Waals surface area contributed by atoms with Crippen LogP contribution in [-0.2, 0) is 15.7 Å². The van der Waals surface area contributed by atoms with Crippen LogP contribution in [0.1, 0.15) is 36.2 Å². The van der Waals surface area contributed by atoms with E-state index in [4.69, 9.17) is 4.74 Å². The van der Waals surface area contributed by atoms with Gasteiger partial charge in [0.1, 0.15) is 11.3 Å². The Morgan fingerprint density at radius 2 is 2.03 bits per heavy atom. The number of nitrogens with zero attached hydrogens (tertiary/aromatic N) is 3. The van der Waals surface area contributed by atoms with Crippen molar-refractivity contribution in [2.24, 2.45) is 0 Å². The molecule has 0 fully saturated rings. The fourth-order valence-electron chi connectivity index (χ4n) is 2.79. The Morgan fingerprint density at radius 1 is 1.30 bits per heavy atom. The minimum Gasteiger partial charge on any atom is -0.506 e. The molecule has 11 heteroatoms. The van der Waals surface area contributed by atoms with Crippen LogP contribution in [0, 0.1) is 0 Å². The zero-order valence-corrected chi connectivity index (χ0v) is 16.6. The predicted molar refractivity (Wildman–Crippen MR) is 103 cm³/mol. The SMILES string of the molecule is CCC(=O)OC(C)N(C(=O)c1cnc2c(C(F)(F)F)cccc2c1O)c1nccs1. The van der Waals surface area contributed by atoms with E-state index in [2.05, 4.69) is 9.97 Å². The normalized spacial score (nSPS) is 12.6. The lowest BCUT2D eigenvalue weighted by molar-refractivity contribution is -0.147. The molecule has 30 heavy (non-hydrogen) atoms. The number of hydrogen-bond donors (Lipinski definition) is 1. The Hall–Kier alpha value is -3.21. The number of amides is 1. The number of para-hydroxylation sites is 1. The molecule has 0 saturated carbocycles. The molecule has 0 aliphatic carbocycles. The molecule has 3 rings (SSSR count). The van der Waals surface area contributed by atoms with E-state index in [1.807, 2.05) is 0 Å². The molecule has 1 atom stereocenters. The van der Waals surface area contributed by atoms with Gasteiger partial charge in [0.25, 0.3) is 5.91 Å². The summed E-state index contributed by atoms with van der Waals surface area (Å²) in [6.07, 6.45) is -3.38. The number of benzene rings is 1. The number of halogens is 3. The summed E-state index contributed by atoms with van der Waals surface area (Å²) < 4.78 is 44.9. The van der Waals surface area contributed by atoms with Crippen LogP contribution < -0.4 is 4.90 Å². The Kier molecular flexibility index (Phi) is 5.92. The van der Waals surface area contributed by atoms with Gasteiger partial charge in [-0.15, -0.1) is 11.3 Å². The number of alkyl halides is 3. The number of carbonyl (C=O) groups is 2. The molecular weight excluding hydrogens is 423 g/mol. The zero-order chi connectivity index (χ0) is 22.1. The molecular formula is C19H16F3N3O4S. The third kappa shape index (κ3) is 4.06. The summed E-state index contributed by atoms with van der Waals surface area (Å²) in [7, 11) is 0. The van der Waals surface area contributed by atoms with Gasteiger partial charge in [0.2, 0.25) is 0 Å². The number of aromatic hydroxyl groups is 1. The third-order valence-electron chi connectivity index (χ3n) is 4.20. The van der Waals surface area contributed by atoms with E-state index in [0.717, 1.165) is 34.6 Å². The highest BCUT2D eigenvalue weighted by atomic mass is 32.1. The maximum Gasteiger partial charge on any atom is 0.418 e. The number of rotatable bonds is 5. The van der Waals surface area contributed by atoms with Crippen LogP contribution in [0.5, 0.6) is 5.75 Å². The van der Waals surface area contributed by atoms with Crippen LogP contribution in [-0.4, -0.2) is 33.2 Å². The molecule has 1 unspecified atom stereocenters. The average Bonchev–Trinajstić information content (AvgIpc) is 3.21. The summed E-state index contributed by atoms with van der Waals surface area (Å²) in [5, 5.41) is 12.1. The van der Waals surface area contributed by atoms with Crippen molar-refractivity contribution in [1.82, 2.24) is 9.97 Å². The van der Waals surface area contributed by atoms with Crippen molar-refractivity contribution in [2.75, 3.05) is 4.90 Å². The number of carbonyl (C=O) groups excluding carboxylic acids is 2. The van der Waals surface area contributed by atoms with Crippen LogP contribution in [0.3, 0.4) is 0 Å². The van der Waals surface area contributed by atoms with Crippen LogP contribution in [0.2, 0.25) is 0 Å². The van der Waals surface area contributed by atoms with Crippen molar-refractivity contribution < 1.29 is 32.6 Å². The van der Waals surface area contributed by atoms with Crippen molar-refractivity contribution in [3.8, 4) is 5.75 Å². The van der Waals surface area contributed by atoms with Gasteiger partial charge in [-0.2, -0.15) is 13.2 Å². The fraction of sp³-hybridized carbons (Fsp3) is 0.263. The van der Waals surface area contributed by atoms with Crippen LogP contribution in [0.15, 0.2) is 36.0 Å². The third-order valence-corrected chi connectivity index (χ3v) is 4.97. The molecule has 2 heterocycles. The number of aromatic nitrogens is 2. The van der Waals surface area contributed by atoms with E-state index in [0.29, 0.717) is 0 Å². The van der Waals surface area contributed by atoms with E-state index < -0.39 is 41.1 Å². The highest BCUT2D eigenvalue weighted by Gasteiger charge is 2.35. The molecule has 0 aliphatic rings. The smallest absolute Gasteiger partial charge is 0.418 e. The first-order valence-electron chi connectivity index (χ1n) is 8.75. The highest BCUT2D eigenvalue weighted by Crippen LogP contribution is 2.38. The molecule has 0 saturated heterocycles. The van der Waals surface area contributed by atoms with Crippen molar-refractivity contribution in [3.05, 3.63) is 47.1 Å². The molecule has 7 nitrogen and oxygen atoms in total. The van der Waals surface area contributed by atoms with E-state index in [1.165, 1.54) is 19.2 Å². The van der Waals surface area contributed by atoms with Gasteiger partial charge >= 0.3 is 12.1 Å². The van der Waals surface area contributed by atoms with Gasteiger partial charge < -0.3 is 9.84 Å². The molecule has 1 aromatic carbocycles. The summed E-state index contributed by atoms with van der Waals surface area (Å²) in [6.45, 7) is 3.03. The Morgan fingerprint density at radius 3 is 2.63 bits per heavy atom. The standard InChI is InChI=1S/C19H16F3N3O4S/c1-3-14(26)29-10(2)25(18-23-7-8-30-18)17(28)12-9-24-15-11(16(12)27)5-4-6-13(15)19(20,21)22/h4-10H,3H2,1-2H3,(H,24,27). The minimum absolute atomic E-state index is 0.0766. The maximum atomic E-state index is 13.2. The van der Waals surface area contributed by atoms with Gasteiger partial charge in [-0.1, -0.05) is 13.0 Å². The number of esters is 1. The Bertz CT molecular complexity index is 1090. The number of pyridine rings is 1. The summed E-state index contributed by atoms with van der Waals surface area (Å²) in [6, 6.07) is 3.19. The van der Waals surface area contributed by atoms with Crippen molar-refractivity contribution >= 4 is 39.2 Å². The summed E-state index contributed by atoms with van der Waals surface area (Å²) >= 11 is 1.08. The largest absolute Gasteiger partial charge is 0.506 e. The van der Waals surface area contributed by atoms with Gasteiger partial charge in [-0.3, -0.25) is 14.6 Å². The number of anilines is 1. The van der Waals surface area contributed by atoms with Crippen molar-refractivity contribution in [2.45, 2.75) is 32.7 Å². The average molecular weight is 439 g/mol. The molecule has 1 N–H and O–H groups in total. The van der Waals surface area contributed by atoms with E-state index >= 15 is 0 Å². The van der Waals surface area contributed by atoms with Gasteiger partial charge in [0.05, 0.1) is 11.1 Å². The lowest BCUT2D eigenvalue weighted by atomic mass is 10.1. The first kappa shape index (κ1) is 21.5. The van der Waals surface area contributed by atoms with E-state index in [-0.39, 0.29) is 22.5 Å². The van der Waals surface area contributed by atoms with Crippen molar-refractivity contribution in [3.63, 3.8) is 0 Å². The van der Waals surface area contributed by atoms with Crippen LogP contribution in [0.4, 0.5) is 18.3 Å². The van der Waals surface area contributed by atoms with Gasteiger partial charge in [-0.25, -0.2) is 9.88 Å². The first-order chi connectivity index (χ1) is 14.1. The Balaban J connectivity index is 2.09. The number of hydrogen-bond acceptors (Lipinski definition) is 7. The number of thiazole rings is 1. The quantitative estimate of drug-likeness (QED) is 0.469. The van der Waals surface area contributed by atoms with E-state index in [9.17, 15) is 27.9 Å². The van der Waals surface area contributed by atoms with Gasteiger partial charge in [0, 0.05) is 29.6 Å². The molecule has 1 amide bonds. The topological polar surface area (TPSA) is 92.6 Å². The Labute approximate surface area is 172 Å². The highest BCUT2D eigenvalue weighted by molar-refractivity contribution is 7.13. The summed E-state index contributed by atoms with van der Waals surface area (Å²) in [5.74, 6) is -2.05. The van der Waals surface area contributed by atoms with Gasteiger partial charge in [-0.05, 0) is 19.1 Å². The second-order valence-corrected chi connectivity index (χ2v) is 7.03. The van der Waals surface area contributed by atoms with E-state index in [1.54, 1.807) is 12.3 Å². The monoisotopic (exact) mass is 439 g/mol. The van der Waals surface area contributed by atoms with Gasteiger partial charge in [0.15, 0.2) is 11.4 Å². The van der Waals surface area contributed by atoms with Crippen LogP contribution >= 0.6 is 11.3 Å². The predicted octanol–water partition coefficient (Wildman–Crippen LogP) is 4.36. The number of ether oxygens (including phenoxy) is 1. The molecule has 158 valence electrons. The summed E-state index contributed by atoms with van der Waals surface area (Å²) in [5.41, 5.74) is -1.86. The summed E-state index contributed by atoms with van der Waals surface area (Å²) in [4.78, 5) is 33.7. The maximum absolute atomic E-state index is 13.2. The molecule has 0 spiro atoms. The molecule has 0 bridgehead atoms. The van der Waals surface area contributed by atoms with Crippen molar-refractivity contribution in [1.29, 1.82) is 0 Å². The molecule has 0 aliphatic heterocycles. The second kappa shape index (κ2) is 8.27. The second-order valence-electron chi connectivity index (χ2n) is 6.15. The number of fused-ring (bicyclic) bond motifs is 1. The zero-order valence-electron chi connectivity index (χ0n) is 15.8. The minimum atomic E-state index is -4.68. The first-order valence-corrected chi connectivity index (χ1v) is 9.63. The molecule has 3 aromatic rings. The molecule has 2 aromatic heterocycles. The lowest BCUT2D eigenvalue weighted by Crippen LogP contribution is -2.41. The molecule has 0 radical (unpaired) electrons.